The fourth-order valence-corrected chi connectivity index (χ4v) is 7.05. The van der Waals surface area contributed by atoms with Crippen molar-refractivity contribution in [3.63, 3.8) is 0 Å². The summed E-state index contributed by atoms with van der Waals surface area (Å²) in [6, 6.07) is 36.4. The molecule has 6 rings (SSSR count). The highest BCUT2D eigenvalue weighted by molar-refractivity contribution is 8.08. The minimum absolute atomic E-state index is 0.195. The van der Waals surface area contributed by atoms with Crippen molar-refractivity contribution in [3.8, 4) is 0 Å². The number of nitrogens with one attached hydrogen (secondary N) is 1. The van der Waals surface area contributed by atoms with E-state index in [9.17, 15) is 8.42 Å². The van der Waals surface area contributed by atoms with E-state index in [1.165, 1.54) is 4.31 Å². The number of para-hydroxylation sites is 1. The first kappa shape index (κ1) is 25.9. The molecule has 1 aliphatic rings. The Hall–Kier alpha value is -4.34. The summed E-state index contributed by atoms with van der Waals surface area (Å²) < 4.78 is 30.9. The van der Waals surface area contributed by atoms with Crippen LogP contribution in [0.1, 0.15) is 22.5 Å². The topological polar surface area (TPSA) is 80.1 Å². The number of hydrogen-bond donors (Lipinski definition) is 1. The summed E-state index contributed by atoms with van der Waals surface area (Å²) in [5, 5.41) is 9.62. The number of benzene rings is 4. The van der Waals surface area contributed by atoms with Crippen LogP contribution < -0.4 is 9.73 Å². The van der Waals surface area contributed by atoms with Gasteiger partial charge in [0.15, 0.2) is 5.82 Å². The predicted octanol–water partition coefficient (Wildman–Crippen LogP) is 6.20. The number of thioether (sulfide) groups is 1. The molecule has 0 atom stereocenters. The Morgan fingerprint density at radius 3 is 2.02 bits per heavy atom. The third-order valence-electron chi connectivity index (χ3n) is 6.63. The van der Waals surface area contributed by atoms with Crippen molar-refractivity contribution in [3.05, 3.63) is 138 Å². The van der Waals surface area contributed by atoms with Crippen LogP contribution in [0.5, 0.6) is 0 Å². The van der Waals surface area contributed by atoms with Crippen LogP contribution >= 0.6 is 11.8 Å². The predicted molar refractivity (Wildman–Crippen MR) is 161 cm³/mol. The van der Waals surface area contributed by atoms with E-state index in [-0.39, 0.29) is 11.4 Å². The minimum Gasteiger partial charge on any atom is -0.289 e. The Labute approximate surface area is 238 Å². The lowest BCUT2D eigenvalue weighted by atomic mass is 10.1. The number of sulfonamides is 1. The molecule has 0 aliphatic carbocycles. The number of nitrogens with zero attached hydrogens (tertiary/aromatic N) is 4. The first-order valence-corrected chi connectivity index (χ1v) is 15.1. The van der Waals surface area contributed by atoms with Crippen molar-refractivity contribution >= 4 is 38.1 Å². The Bertz CT molecular complexity index is 1750. The van der Waals surface area contributed by atoms with E-state index in [0.29, 0.717) is 23.1 Å². The molecule has 0 spiro atoms. The van der Waals surface area contributed by atoms with Gasteiger partial charge in [-0.3, -0.25) is 9.73 Å². The molecule has 0 saturated heterocycles. The fraction of sp³-hybridized carbons (Fsp3) is 0.0968. The molecule has 0 bridgehead atoms. The zero-order valence-corrected chi connectivity index (χ0v) is 23.4. The molecule has 0 radical (unpaired) electrons. The molecule has 7 nitrogen and oxygen atoms in total. The molecule has 9 heteroatoms. The van der Waals surface area contributed by atoms with Crippen molar-refractivity contribution < 1.29 is 8.42 Å². The number of aromatic nitrogens is 3. The number of rotatable bonds is 8. The SMILES string of the molecule is Cc1ccc(S(=O)(=O)N(CCc2nnc3n2NC(c2ccccc2)=C(c2ccccc2)S3)c2ccccc2)cc1. The van der Waals surface area contributed by atoms with E-state index in [4.69, 9.17) is 0 Å². The smallest absolute Gasteiger partial charge is 0.264 e. The van der Waals surface area contributed by atoms with Gasteiger partial charge in [-0.1, -0.05) is 96.6 Å². The van der Waals surface area contributed by atoms with Crippen LogP contribution in [0.4, 0.5) is 5.69 Å². The molecule has 40 heavy (non-hydrogen) atoms. The Morgan fingerprint density at radius 1 is 0.775 bits per heavy atom. The van der Waals surface area contributed by atoms with Crippen LogP contribution in [0.25, 0.3) is 10.6 Å². The highest BCUT2D eigenvalue weighted by Crippen LogP contribution is 2.42. The first-order valence-electron chi connectivity index (χ1n) is 12.9. The molecule has 0 saturated carbocycles. The monoisotopic (exact) mass is 565 g/mol. The number of anilines is 1. The maximum Gasteiger partial charge on any atom is 0.264 e. The minimum atomic E-state index is -3.80. The molecule has 0 amide bonds. The van der Waals surface area contributed by atoms with E-state index >= 15 is 0 Å². The maximum atomic E-state index is 13.8. The molecular weight excluding hydrogens is 539 g/mol. The Morgan fingerprint density at radius 2 is 1.38 bits per heavy atom. The molecule has 0 fully saturated rings. The molecule has 1 N–H and O–H groups in total. The van der Waals surface area contributed by atoms with Gasteiger partial charge in [0.25, 0.3) is 10.0 Å². The van der Waals surface area contributed by atoms with Crippen LogP contribution in [0.15, 0.2) is 125 Å². The maximum absolute atomic E-state index is 13.8. The molecule has 0 unspecified atom stereocenters. The first-order chi connectivity index (χ1) is 19.5. The van der Waals surface area contributed by atoms with Crippen molar-refractivity contribution in [1.29, 1.82) is 0 Å². The summed E-state index contributed by atoms with van der Waals surface area (Å²) >= 11 is 1.54. The molecule has 200 valence electrons. The van der Waals surface area contributed by atoms with Gasteiger partial charge >= 0.3 is 0 Å². The van der Waals surface area contributed by atoms with Gasteiger partial charge in [-0.05, 0) is 48.5 Å². The van der Waals surface area contributed by atoms with Crippen LogP contribution in [0.2, 0.25) is 0 Å². The van der Waals surface area contributed by atoms with Crippen molar-refractivity contribution in [2.45, 2.75) is 23.4 Å². The number of fused-ring (bicyclic) bond motifs is 1. The molecule has 5 aromatic rings. The molecule has 2 heterocycles. The fourth-order valence-electron chi connectivity index (χ4n) is 4.56. The summed E-state index contributed by atoms with van der Waals surface area (Å²) in [5.74, 6) is 0.642. The van der Waals surface area contributed by atoms with Gasteiger partial charge in [-0.25, -0.2) is 13.1 Å². The third kappa shape index (κ3) is 5.13. The van der Waals surface area contributed by atoms with Gasteiger partial charge in [0.1, 0.15) is 0 Å². The second-order valence-electron chi connectivity index (χ2n) is 9.36. The summed E-state index contributed by atoms with van der Waals surface area (Å²) in [6.45, 7) is 2.13. The quantitative estimate of drug-likeness (QED) is 0.241. The molecule has 4 aromatic carbocycles. The van der Waals surface area contributed by atoms with Crippen molar-refractivity contribution in [2.75, 3.05) is 16.3 Å². The van der Waals surface area contributed by atoms with E-state index in [2.05, 4.69) is 39.9 Å². The number of aryl methyl sites for hydroxylation is 1. The lowest BCUT2D eigenvalue weighted by molar-refractivity contribution is 0.589. The summed E-state index contributed by atoms with van der Waals surface area (Å²) in [6.07, 6.45) is 0.350. The summed E-state index contributed by atoms with van der Waals surface area (Å²) in [5.41, 5.74) is 8.19. The van der Waals surface area contributed by atoms with Gasteiger partial charge in [0, 0.05) is 23.4 Å². The normalized spacial score (nSPS) is 13.0. The van der Waals surface area contributed by atoms with E-state index in [0.717, 1.165) is 27.3 Å². The largest absolute Gasteiger partial charge is 0.289 e. The van der Waals surface area contributed by atoms with Crippen LogP contribution in [-0.4, -0.2) is 29.8 Å². The van der Waals surface area contributed by atoms with E-state index < -0.39 is 10.0 Å². The third-order valence-corrected chi connectivity index (χ3v) is 9.57. The molecule has 1 aromatic heterocycles. The van der Waals surface area contributed by atoms with Gasteiger partial charge < -0.3 is 0 Å². The van der Waals surface area contributed by atoms with Crippen LogP contribution in [0, 0.1) is 6.92 Å². The Kier molecular flexibility index (Phi) is 7.15. The van der Waals surface area contributed by atoms with Crippen molar-refractivity contribution in [2.24, 2.45) is 0 Å². The Balaban J connectivity index is 1.33. The molecular formula is C31H27N5O2S2. The van der Waals surface area contributed by atoms with Gasteiger partial charge in [-0.2, -0.15) is 0 Å². The van der Waals surface area contributed by atoms with Gasteiger partial charge in [0.2, 0.25) is 5.16 Å². The van der Waals surface area contributed by atoms with Crippen LogP contribution in [-0.2, 0) is 16.4 Å². The lowest BCUT2D eigenvalue weighted by Gasteiger charge is -2.26. The van der Waals surface area contributed by atoms with Crippen LogP contribution in [0.3, 0.4) is 0 Å². The molecule has 1 aliphatic heterocycles. The van der Waals surface area contributed by atoms with E-state index in [1.807, 2.05) is 90.5 Å². The summed E-state index contributed by atoms with van der Waals surface area (Å²) in [4.78, 5) is 1.30. The second kappa shape index (κ2) is 11.0. The standard InChI is InChI=1S/C31H27N5O2S2/c1-23-17-19-27(20-18-23)40(37,38)35(26-15-9-4-10-16-26)22-21-28-32-33-31-36(28)34-29(24-11-5-2-6-12-24)30(39-31)25-13-7-3-8-14-25/h2-20,34H,21-22H2,1H3. The summed E-state index contributed by atoms with van der Waals surface area (Å²) in [7, 11) is -3.80. The van der Waals surface area contributed by atoms with Gasteiger partial charge in [-0.15, -0.1) is 10.2 Å². The number of hydrogen-bond acceptors (Lipinski definition) is 6. The highest BCUT2D eigenvalue weighted by atomic mass is 32.2. The zero-order chi connectivity index (χ0) is 27.5. The lowest BCUT2D eigenvalue weighted by Crippen LogP contribution is -2.34. The average molecular weight is 566 g/mol. The van der Waals surface area contributed by atoms with E-state index in [1.54, 1.807) is 23.9 Å². The highest BCUT2D eigenvalue weighted by Gasteiger charge is 2.28. The van der Waals surface area contributed by atoms with Gasteiger partial charge in [0.05, 0.1) is 16.3 Å². The van der Waals surface area contributed by atoms with Crippen molar-refractivity contribution in [1.82, 2.24) is 14.9 Å². The second-order valence-corrected chi connectivity index (χ2v) is 12.2. The average Bonchev–Trinajstić information content (AvgIpc) is 3.40. The zero-order valence-electron chi connectivity index (χ0n) is 21.8.